The van der Waals surface area contributed by atoms with Crippen molar-refractivity contribution >= 4 is 23.4 Å². The van der Waals surface area contributed by atoms with Crippen LogP contribution in [0.4, 0.5) is 5.69 Å². The van der Waals surface area contributed by atoms with Crippen molar-refractivity contribution in [2.24, 2.45) is 0 Å². The third kappa shape index (κ3) is 5.28. The van der Waals surface area contributed by atoms with Gasteiger partial charge in [0.2, 0.25) is 11.8 Å². The number of benzene rings is 2. The van der Waals surface area contributed by atoms with E-state index in [4.69, 9.17) is 9.47 Å². The van der Waals surface area contributed by atoms with E-state index in [0.29, 0.717) is 31.0 Å². The molecule has 7 nitrogen and oxygen atoms in total. The molecule has 170 valence electrons. The van der Waals surface area contributed by atoms with E-state index in [1.54, 1.807) is 43.2 Å². The van der Waals surface area contributed by atoms with Crippen LogP contribution in [0.2, 0.25) is 0 Å². The highest BCUT2D eigenvalue weighted by Gasteiger charge is 2.43. The summed E-state index contributed by atoms with van der Waals surface area (Å²) in [4.78, 5) is 41.3. The molecule has 7 heteroatoms. The van der Waals surface area contributed by atoms with E-state index in [9.17, 15) is 14.4 Å². The number of nitrogens with zero attached hydrogens (tertiary/aromatic N) is 2. The van der Waals surface area contributed by atoms with E-state index in [2.05, 4.69) is 0 Å². The zero-order valence-corrected chi connectivity index (χ0v) is 18.9. The van der Waals surface area contributed by atoms with Gasteiger partial charge in [-0.2, -0.15) is 0 Å². The maximum atomic E-state index is 13.2. The molecule has 1 aliphatic rings. The van der Waals surface area contributed by atoms with Crippen LogP contribution in [0.1, 0.15) is 38.7 Å². The summed E-state index contributed by atoms with van der Waals surface area (Å²) in [6.07, 6.45) is 1.73. The second kappa shape index (κ2) is 10.8. The van der Waals surface area contributed by atoms with Gasteiger partial charge in [-0.1, -0.05) is 26.0 Å². The molecule has 0 radical (unpaired) electrons. The lowest BCUT2D eigenvalue weighted by Gasteiger charge is -2.27. The molecule has 0 aromatic heterocycles. The van der Waals surface area contributed by atoms with Gasteiger partial charge < -0.3 is 14.4 Å². The molecule has 2 aromatic rings. The Morgan fingerprint density at radius 3 is 2.28 bits per heavy atom. The Hall–Kier alpha value is -3.35. The van der Waals surface area contributed by atoms with Crippen molar-refractivity contribution in [2.45, 2.75) is 45.6 Å². The predicted octanol–water partition coefficient (Wildman–Crippen LogP) is 3.60. The van der Waals surface area contributed by atoms with Crippen LogP contribution in [-0.4, -0.2) is 48.9 Å². The standard InChI is InChI=1S/C25H30N2O5/c1-4-16-32-21-12-8-19(9-13-21)27-24(29)17-22(25(27)30)26(23(28)5-2)15-14-18-6-10-20(31-3)11-7-18/h6-13,22H,4-5,14-17H2,1-3H3. The molecule has 1 fully saturated rings. The van der Waals surface area contributed by atoms with Gasteiger partial charge >= 0.3 is 0 Å². The first kappa shape index (κ1) is 23.3. The van der Waals surface area contributed by atoms with Crippen LogP contribution in [0, 0.1) is 0 Å². The van der Waals surface area contributed by atoms with Crippen LogP contribution < -0.4 is 14.4 Å². The molecule has 1 saturated heterocycles. The molecular weight excluding hydrogens is 408 g/mol. The van der Waals surface area contributed by atoms with Crippen LogP contribution in [0.3, 0.4) is 0 Å². The van der Waals surface area contributed by atoms with Crippen LogP contribution >= 0.6 is 0 Å². The maximum Gasteiger partial charge on any atom is 0.257 e. The molecule has 1 atom stereocenters. The van der Waals surface area contributed by atoms with Crippen molar-refractivity contribution in [1.29, 1.82) is 0 Å². The smallest absolute Gasteiger partial charge is 0.257 e. The number of amides is 3. The summed E-state index contributed by atoms with van der Waals surface area (Å²) < 4.78 is 10.7. The second-order valence-electron chi connectivity index (χ2n) is 7.67. The van der Waals surface area contributed by atoms with Crippen molar-refractivity contribution in [3.63, 3.8) is 0 Å². The van der Waals surface area contributed by atoms with Crippen LogP contribution in [0.15, 0.2) is 48.5 Å². The van der Waals surface area contributed by atoms with E-state index in [1.807, 2.05) is 31.2 Å². The van der Waals surface area contributed by atoms with E-state index < -0.39 is 6.04 Å². The molecule has 0 spiro atoms. The zero-order chi connectivity index (χ0) is 23.1. The summed E-state index contributed by atoms with van der Waals surface area (Å²) in [5, 5.41) is 0. The van der Waals surface area contributed by atoms with Crippen molar-refractivity contribution in [3.05, 3.63) is 54.1 Å². The highest BCUT2D eigenvalue weighted by Crippen LogP contribution is 2.28. The largest absolute Gasteiger partial charge is 0.497 e. The van der Waals surface area contributed by atoms with Gasteiger partial charge in [0, 0.05) is 13.0 Å². The van der Waals surface area contributed by atoms with Crippen molar-refractivity contribution in [3.8, 4) is 11.5 Å². The lowest BCUT2D eigenvalue weighted by molar-refractivity contribution is -0.138. The molecule has 0 bridgehead atoms. The summed E-state index contributed by atoms with van der Waals surface area (Å²) >= 11 is 0. The fraction of sp³-hybridized carbons (Fsp3) is 0.400. The van der Waals surface area contributed by atoms with Crippen LogP contribution in [0.25, 0.3) is 0 Å². The van der Waals surface area contributed by atoms with E-state index in [1.165, 1.54) is 4.90 Å². The molecule has 1 unspecified atom stereocenters. The Morgan fingerprint density at radius 2 is 1.69 bits per heavy atom. The quantitative estimate of drug-likeness (QED) is 0.530. The van der Waals surface area contributed by atoms with Crippen LogP contribution in [0.5, 0.6) is 11.5 Å². The third-order valence-corrected chi connectivity index (χ3v) is 5.49. The number of rotatable bonds is 10. The molecule has 3 amide bonds. The predicted molar refractivity (Wildman–Crippen MR) is 122 cm³/mol. The number of ether oxygens (including phenoxy) is 2. The number of carbonyl (C=O) groups excluding carboxylic acids is 3. The number of imide groups is 1. The SMILES string of the molecule is CCCOc1ccc(N2C(=O)CC(N(CCc3ccc(OC)cc3)C(=O)CC)C2=O)cc1. The normalized spacial score (nSPS) is 15.7. The third-order valence-electron chi connectivity index (χ3n) is 5.49. The summed E-state index contributed by atoms with van der Waals surface area (Å²) in [6, 6.07) is 13.7. The van der Waals surface area contributed by atoms with Crippen molar-refractivity contribution in [2.75, 3.05) is 25.2 Å². The highest BCUT2D eigenvalue weighted by atomic mass is 16.5. The first-order chi connectivity index (χ1) is 15.5. The Bertz CT molecular complexity index is 940. The first-order valence-electron chi connectivity index (χ1n) is 11.0. The summed E-state index contributed by atoms with van der Waals surface area (Å²) in [5.41, 5.74) is 1.52. The Morgan fingerprint density at radius 1 is 1.03 bits per heavy atom. The van der Waals surface area contributed by atoms with Crippen molar-refractivity contribution < 1.29 is 23.9 Å². The fourth-order valence-corrected chi connectivity index (χ4v) is 3.74. The Balaban J connectivity index is 1.73. The first-order valence-corrected chi connectivity index (χ1v) is 11.0. The van der Waals surface area contributed by atoms with Gasteiger partial charge in [-0.25, -0.2) is 4.90 Å². The number of methoxy groups -OCH3 is 1. The molecular formula is C25H30N2O5. The minimum absolute atomic E-state index is 0.0126. The van der Waals surface area contributed by atoms with Gasteiger partial charge in [0.05, 0.1) is 25.8 Å². The summed E-state index contributed by atoms with van der Waals surface area (Å²) in [7, 11) is 1.61. The topological polar surface area (TPSA) is 76.2 Å². The van der Waals surface area contributed by atoms with E-state index >= 15 is 0 Å². The molecule has 32 heavy (non-hydrogen) atoms. The Kier molecular flexibility index (Phi) is 7.87. The average molecular weight is 439 g/mol. The highest BCUT2D eigenvalue weighted by molar-refractivity contribution is 6.23. The molecule has 1 aliphatic heterocycles. The van der Waals surface area contributed by atoms with Gasteiger partial charge in [0.15, 0.2) is 0 Å². The molecule has 0 N–H and O–H groups in total. The minimum Gasteiger partial charge on any atom is -0.497 e. The van der Waals surface area contributed by atoms with Gasteiger partial charge in [-0.15, -0.1) is 0 Å². The Labute approximate surface area is 188 Å². The molecule has 3 rings (SSSR count). The molecule has 2 aromatic carbocycles. The van der Waals surface area contributed by atoms with Crippen molar-refractivity contribution in [1.82, 2.24) is 4.90 Å². The lowest BCUT2D eigenvalue weighted by Crippen LogP contribution is -2.46. The summed E-state index contributed by atoms with van der Waals surface area (Å²) in [5.74, 6) is 0.631. The summed E-state index contributed by atoms with van der Waals surface area (Å²) in [6.45, 7) is 4.75. The zero-order valence-electron chi connectivity index (χ0n) is 18.9. The number of hydrogen-bond acceptors (Lipinski definition) is 5. The average Bonchev–Trinajstić information content (AvgIpc) is 3.11. The monoisotopic (exact) mass is 438 g/mol. The van der Waals surface area contributed by atoms with Gasteiger partial charge in [0.25, 0.3) is 5.91 Å². The molecule has 1 heterocycles. The number of hydrogen-bond donors (Lipinski definition) is 0. The van der Waals surface area contributed by atoms with E-state index in [-0.39, 0.29) is 30.6 Å². The maximum absolute atomic E-state index is 13.2. The number of anilines is 1. The minimum atomic E-state index is -0.788. The molecule has 0 saturated carbocycles. The van der Waals surface area contributed by atoms with Gasteiger partial charge in [-0.3, -0.25) is 14.4 Å². The molecule has 0 aliphatic carbocycles. The van der Waals surface area contributed by atoms with E-state index in [0.717, 1.165) is 17.7 Å². The van der Waals surface area contributed by atoms with Gasteiger partial charge in [0.1, 0.15) is 17.5 Å². The fourth-order valence-electron chi connectivity index (χ4n) is 3.74. The number of carbonyl (C=O) groups is 3. The lowest BCUT2D eigenvalue weighted by atomic mass is 10.1. The van der Waals surface area contributed by atoms with Crippen LogP contribution in [-0.2, 0) is 20.8 Å². The van der Waals surface area contributed by atoms with Gasteiger partial charge in [-0.05, 0) is 54.8 Å². The second-order valence-corrected chi connectivity index (χ2v) is 7.67.